The fraction of sp³-hybridized carbons (Fsp3) is 0.250. The fourth-order valence-electron chi connectivity index (χ4n) is 2.68. The van der Waals surface area contributed by atoms with E-state index in [-0.39, 0.29) is 23.6 Å². The Morgan fingerprint density at radius 2 is 1.96 bits per heavy atom. The van der Waals surface area contributed by atoms with Crippen molar-refractivity contribution in [3.63, 3.8) is 0 Å². The molecule has 0 unspecified atom stereocenters. The summed E-state index contributed by atoms with van der Waals surface area (Å²) in [5, 5.41) is 0.564. The van der Waals surface area contributed by atoms with Gasteiger partial charge in [-0.2, -0.15) is 0 Å². The molecule has 0 spiro atoms. The molecule has 3 rings (SSSR count). The summed E-state index contributed by atoms with van der Waals surface area (Å²) in [6.45, 7) is 5.79. The van der Waals surface area contributed by atoms with Crippen LogP contribution in [0.5, 0.6) is 5.75 Å². The minimum absolute atomic E-state index is 0.197. The van der Waals surface area contributed by atoms with Crippen LogP contribution >= 0.6 is 11.3 Å². The lowest BCUT2D eigenvalue weighted by atomic mass is 10.1. The second-order valence-corrected chi connectivity index (χ2v) is 7.13. The Labute approximate surface area is 160 Å². The van der Waals surface area contributed by atoms with Crippen LogP contribution < -0.4 is 10.3 Å². The van der Waals surface area contributed by atoms with Gasteiger partial charge in [0.05, 0.1) is 19.1 Å². The van der Waals surface area contributed by atoms with Crippen molar-refractivity contribution in [3.8, 4) is 5.75 Å². The number of aromatic nitrogens is 2. The van der Waals surface area contributed by atoms with Crippen LogP contribution in [0.4, 0.5) is 0 Å². The van der Waals surface area contributed by atoms with E-state index in [0.29, 0.717) is 16.0 Å². The summed E-state index contributed by atoms with van der Waals surface area (Å²) in [4.78, 5) is 34.0. The Bertz CT molecular complexity index is 1080. The number of nitrogens with one attached hydrogen (secondary N) is 1. The molecule has 7 heteroatoms. The number of carbonyl (C=O) groups excluding carboxylic acids is 1. The van der Waals surface area contributed by atoms with Crippen molar-refractivity contribution in [1.29, 1.82) is 0 Å². The molecule has 0 saturated heterocycles. The first-order chi connectivity index (χ1) is 12.9. The van der Waals surface area contributed by atoms with Gasteiger partial charge in [-0.1, -0.05) is 12.1 Å². The largest absolute Gasteiger partial charge is 0.497 e. The average molecular weight is 384 g/mol. The molecule has 140 valence electrons. The zero-order chi connectivity index (χ0) is 19.6. The van der Waals surface area contributed by atoms with Gasteiger partial charge in [0.25, 0.3) is 5.56 Å². The van der Waals surface area contributed by atoms with Gasteiger partial charge in [0.15, 0.2) is 0 Å². The van der Waals surface area contributed by atoms with E-state index in [1.165, 1.54) is 11.3 Å². The first-order valence-electron chi connectivity index (χ1n) is 8.47. The van der Waals surface area contributed by atoms with Gasteiger partial charge in [0.1, 0.15) is 22.0 Å². The first kappa shape index (κ1) is 18.8. The SMILES string of the molecule is CCOC(=O)/C(=C\c1ccc(OC)cc1)c1nc2sc(C)c(C)c2c(=O)[nH]1. The number of carbonyl (C=O) groups is 1. The molecule has 0 aliphatic heterocycles. The number of benzene rings is 1. The maximum Gasteiger partial charge on any atom is 0.341 e. The van der Waals surface area contributed by atoms with Crippen LogP contribution in [0.25, 0.3) is 21.9 Å². The molecule has 0 aliphatic carbocycles. The number of methoxy groups -OCH3 is 1. The standard InChI is InChI=1S/C20H20N2O4S/c1-5-26-20(24)15(10-13-6-8-14(25-4)9-7-13)17-21-18(23)16-11(2)12(3)27-19(16)22-17/h6-10H,5H2,1-4H3,(H,21,22,23)/b15-10-. The number of nitrogens with zero attached hydrogens (tertiary/aromatic N) is 1. The van der Waals surface area contributed by atoms with Gasteiger partial charge in [0, 0.05) is 4.88 Å². The highest BCUT2D eigenvalue weighted by Crippen LogP contribution is 2.27. The highest BCUT2D eigenvalue weighted by atomic mass is 32.1. The molecule has 1 aromatic carbocycles. The Kier molecular flexibility index (Phi) is 5.41. The number of rotatable bonds is 5. The first-order valence-corrected chi connectivity index (χ1v) is 9.29. The van der Waals surface area contributed by atoms with Crippen LogP contribution in [0.2, 0.25) is 0 Å². The Hall–Kier alpha value is -2.93. The fourth-order valence-corrected chi connectivity index (χ4v) is 3.71. The molecule has 1 N–H and O–H groups in total. The summed E-state index contributed by atoms with van der Waals surface area (Å²) in [5.74, 6) is 0.367. The Balaban J connectivity index is 2.15. The topological polar surface area (TPSA) is 81.3 Å². The van der Waals surface area contributed by atoms with Crippen LogP contribution in [0.1, 0.15) is 28.8 Å². The minimum atomic E-state index is -0.541. The van der Waals surface area contributed by atoms with E-state index >= 15 is 0 Å². The summed E-state index contributed by atoms with van der Waals surface area (Å²) < 4.78 is 10.3. The predicted octanol–water partition coefficient (Wildman–Crippen LogP) is 3.71. The number of hydrogen-bond donors (Lipinski definition) is 1. The van der Waals surface area contributed by atoms with Crippen LogP contribution in [0.3, 0.4) is 0 Å². The van der Waals surface area contributed by atoms with Crippen molar-refractivity contribution in [2.24, 2.45) is 0 Å². The van der Waals surface area contributed by atoms with Gasteiger partial charge in [-0.15, -0.1) is 11.3 Å². The van der Waals surface area contributed by atoms with Crippen molar-refractivity contribution in [2.75, 3.05) is 13.7 Å². The Morgan fingerprint density at radius 1 is 1.26 bits per heavy atom. The Morgan fingerprint density at radius 3 is 2.59 bits per heavy atom. The van der Waals surface area contributed by atoms with Gasteiger partial charge in [-0.05, 0) is 50.1 Å². The van der Waals surface area contributed by atoms with Gasteiger partial charge < -0.3 is 14.5 Å². The third kappa shape index (κ3) is 3.78. The number of hydrogen-bond acceptors (Lipinski definition) is 6. The molecule has 2 heterocycles. The number of aryl methyl sites for hydroxylation is 2. The van der Waals surface area contributed by atoms with Gasteiger partial charge in [-0.25, -0.2) is 9.78 Å². The van der Waals surface area contributed by atoms with Gasteiger partial charge in [-0.3, -0.25) is 4.79 Å². The number of thiophene rings is 1. The number of ether oxygens (including phenoxy) is 2. The highest BCUT2D eigenvalue weighted by molar-refractivity contribution is 7.18. The second-order valence-electron chi connectivity index (χ2n) is 5.93. The normalized spacial score (nSPS) is 11.6. The summed E-state index contributed by atoms with van der Waals surface area (Å²) in [6.07, 6.45) is 1.65. The van der Waals surface area contributed by atoms with E-state index in [9.17, 15) is 9.59 Å². The summed E-state index contributed by atoms with van der Waals surface area (Å²) in [6, 6.07) is 7.21. The molecule has 0 atom stereocenters. The van der Waals surface area contributed by atoms with Crippen molar-refractivity contribution < 1.29 is 14.3 Å². The summed E-state index contributed by atoms with van der Waals surface area (Å²) in [7, 11) is 1.59. The van der Waals surface area contributed by atoms with Crippen molar-refractivity contribution in [3.05, 3.63) is 56.4 Å². The molecular weight excluding hydrogens is 364 g/mol. The van der Waals surface area contributed by atoms with Crippen LogP contribution in [0, 0.1) is 13.8 Å². The predicted molar refractivity (Wildman–Crippen MR) is 107 cm³/mol. The quantitative estimate of drug-likeness (QED) is 0.536. The van der Waals surface area contributed by atoms with Crippen LogP contribution in [-0.4, -0.2) is 29.7 Å². The molecule has 0 radical (unpaired) electrons. The van der Waals surface area contributed by atoms with E-state index in [1.807, 2.05) is 26.0 Å². The third-order valence-corrected chi connectivity index (χ3v) is 5.32. The smallest absolute Gasteiger partial charge is 0.341 e. The molecule has 27 heavy (non-hydrogen) atoms. The van der Waals surface area contributed by atoms with Crippen LogP contribution in [-0.2, 0) is 9.53 Å². The lowest BCUT2D eigenvalue weighted by Gasteiger charge is -2.07. The molecule has 0 saturated carbocycles. The van der Waals surface area contributed by atoms with Gasteiger partial charge in [0.2, 0.25) is 0 Å². The summed E-state index contributed by atoms with van der Waals surface area (Å²) >= 11 is 1.43. The molecule has 6 nitrogen and oxygen atoms in total. The zero-order valence-electron chi connectivity index (χ0n) is 15.6. The second kappa shape index (κ2) is 7.75. The summed E-state index contributed by atoms with van der Waals surface area (Å²) in [5.41, 5.74) is 1.61. The van der Waals surface area contributed by atoms with Crippen molar-refractivity contribution in [1.82, 2.24) is 9.97 Å². The number of esters is 1. The third-order valence-electron chi connectivity index (χ3n) is 4.22. The number of fused-ring (bicyclic) bond motifs is 1. The molecule has 0 aliphatic rings. The highest BCUT2D eigenvalue weighted by Gasteiger charge is 2.19. The van der Waals surface area contributed by atoms with E-state index in [2.05, 4.69) is 9.97 Å². The number of aromatic amines is 1. The number of H-pyrrole nitrogens is 1. The van der Waals surface area contributed by atoms with Crippen LogP contribution in [0.15, 0.2) is 29.1 Å². The van der Waals surface area contributed by atoms with Gasteiger partial charge >= 0.3 is 5.97 Å². The molecule has 0 fully saturated rings. The van der Waals surface area contributed by atoms with E-state index < -0.39 is 5.97 Å². The maximum atomic E-state index is 12.6. The molecule has 3 aromatic rings. The van der Waals surface area contributed by atoms with E-state index in [1.54, 1.807) is 32.2 Å². The van der Waals surface area contributed by atoms with E-state index in [4.69, 9.17) is 9.47 Å². The monoisotopic (exact) mass is 384 g/mol. The van der Waals surface area contributed by atoms with Crippen molar-refractivity contribution in [2.45, 2.75) is 20.8 Å². The average Bonchev–Trinajstić information content (AvgIpc) is 2.94. The molecule has 2 aromatic heterocycles. The molecular formula is C20H20N2O4S. The van der Waals surface area contributed by atoms with E-state index in [0.717, 1.165) is 16.0 Å². The zero-order valence-corrected chi connectivity index (χ0v) is 16.4. The maximum absolute atomic E-state index is 12.6. The van der Waals surface area contributed by atoms with Crippen molar-refractivity contribution >= 4 is 39.2 Å². The lowest BCUT2D eigenvalue weighted by molar-refractivity contribution is -0.136. The molecule has 0 amide bonds. The lowest BCUT2D eigenvalue weighted by Crippen LogP contribution is -2.15. The molecule has 0 bridgehead atoms. The minimum Gasteiger partial charge on any atom is -0.497 e.